The fourth-order valence-electron chi connectivity index (χ4n) is 2.26. The zero-order valence-corrected chi connectivity index (χ0v) is 12.4. The SMILES string of the molecule is CCCCC(CC)c1nc(-c2cccc(C(=O)O)c2)no1. The first-order valence-corrected chi connectivity index (χ1v) is 7.33. The summed E-state index contributed by atoms with van der Waals surface area (Å²) in [6, 6.07) is 6.57. The Morgan fingerprint density at radius 1 is 1.38 bits per heavy atom. The summed E-state index contributed by atoms with van der Waals surface area (Å²) in [7, 11) is 0. The van der Waals surface area contributed by atoms with E-state index in [1.807, 2.05) is 0 Å². The lowest BCUT2D eigenvalue weighted by atomic mass is 9.99. The Morgan fingerprint density at radius 3 is 2.86 bits per heavy atom. The minimum absolute atomic E-state index is 0.219. The molecular weight excluding hydrogens is 268 g/mol. The van der Waals surface area contributed by atoms with Crippen molar-refractivity contribution in [1.82, 2.24) is 10.1 Å². The van der Waals surface area contributed by atoms with Gasteiger partial charge in [0, 0.05) is 11.5 Å². The van der Waals surface area contributed by atoms with Gasteiger partial charge in [-0.15, -0.1) is 0 Å². The monoisotopic (exact) mass is 288 g/mol. The minimum Gasteiger partial charge on any atom is -0.478 e. The Kier molecular flexibility index (Phi) is 5.09. The highest BCUT2D eigenvalue weighted by atomic mass is 16.5. The standard InChI is InChI=1S/C16H20N2O3/c1-3-5-7-11(4-2)15-17-14(18-21-15)12-8-6-9-13(10-12)16(19)20/h6,8-11H,3-5,7H2,1-2H3,(H,19,20). The van der Waals surface area contributed by atoms with Crippen LogP contribution in [0.1, 0.15) is 61.7 Å². The highest BCUT2D eigenvalue weighted by molar-refractivity contribution is 5.89. The molecule has 112 valence electrons. The Bertz CT molecular complexity index is 607. The molecule has 2 aromatic rings. The molecule has 0 aliphatic heterocycles. The van der Waals surface area contributed by atoms with Gasteiger partial charge in [0.25, 0.3) is 0 Å². The lowest BCUT2D eigenvalue weighted by Gasteiger charge is -2.08. The van der Waals surface area contributed by atoms with E-state index >= 15 is 0 Å². The van der Waals surface area contributed by atoms with Gasteiger partial charge < -0.3 is 9.63 Å². The second kappa shape index (κ2) is 7.02. The summed E-state index contributed by atoms with van der Waals surface area (Å²) < 4.78 is 5.36. The predicted octanol–water partition coefficient (Wildman–Crippen LogP) is 4.12. The molecule has 1 aromatic carbocycles. The number of hydrogen-bond acceptors (Lipinski definition) is 4. The van der Waals surface area contributed by atoms with Crippen molar-refractivity contribution >= 4 is 5.97 Å². The fourth-order valence-corrected chi connectivity index (χ4v) is 2.26. The van der Waals surface area contributed by atoms with Crippen molar-refractivity contribution in [1.29, 1.82) is 0 Å². The van der Waals surface area contributed by atoms with Gasteiger partial charge in [-0.1, -0.05) is 44.0 Å². The van der Waals surface area contributed by atoms with Crippen molar-refractivity contribution in [3.05, 3.63) is 35.7 Å². The van der Waals surface area contributed by atoms with Crippen LogP contribution in [0.4, 0.5) is 0 Å². The summed E-state index contributed by atoms with van der Waals surface area (Å²) in [5.74, 6) is 0.397. The zero-order valence-electron chi connectivity index (χ0n) is 12.4. The molecule has 0 bridgehead atoms. The van der Waals surface area contributed by atoms with Crippen molar-refractivity contribution in [3.8, 4) is 11.4 Å². The highest BCUT2D eigenvalue weighted by Crippen LogP contribution is 2.26. The number of aromatic nitrogens is 2. The average molecular weight is 288 g/mol. The second-order valence-electron chi connectivity index (χ2n) is 5.09. The van der Waals surface area contributed by atoms with E-state index in [9.17, 15) is 4.79 Å². The molecule has 1 unspecified atom stereocenters. The molecule has 0 fully saturated rings. The number of unbranched alkanes of at least 4 members (excludes halogenated alkanes) is 1. The van der Waals surface area contributed by atoms with E-state index in [0.717, 1.165) is 25.7 Å². The summed E-state index contributed by atoms with van der Waals surface area (Å²) in [5, 5.41) is 13.0. The van der Waals surface area contributed by atoms with Gasteiger partial charge in [0.1, 0.15) is 0 Å². The molecule has 1 heterocycles. The van der Waals surface area contributed by atoms with E-state index in [1.165, 1.54) is 0 Å². The van der Waals surface area contributed by atoms with Gasteiger partial charge in [-0.3, -0.25) is 0 Å². The van der Waals surface area contributed by atoms with Gasteiger partial charge in [-0.2, -0.15) is 4.98 Å². The fraction of sp³-hybridized carbons (Fsp3) is 0.438. The van der Waals surface area contributed by atoms with Crippen LogP contribution >= 0.6 is 0 Å². The van der Waals surface area contributed by atoms with Crippen LogP contribution in [0.5, 0.6) is 0 Å². The van der Waals surface area contributed by atoms with Crippen LogP contribution in [-0.4, -0.2) is 21.2 Å². The molecule has 0 aliphatic carbocycles. The van der Waals surface area contributed by atoms with Crippen LogP contribution in [0, 0.1) is 0 Å². The van der Waals surface area contributed by atoms with Crippen molar-refractivity contribution in [2.24, 2.45) is 0 Å². The quantitative estimate of drug-likeness (QED) is 0.829. The Balaban J connectivity index is 2.22. The van der Waals surface area contributed by atoms with Gasteiger partial charge in [-0.05, 0) is 25.0 Å². The van der Waals surface area contributed by atoms with Gasteiger partial charge in [-0.25, -0.2) is 4.79 Å². The lowest BCUT2D eigenvalue weighted by molar-refractivity contribution is 0.0697. The first-order valence-electron chi connectivity index (χ1n) is 7.33. The van der Waals surface area contributed by atoms with Crippen molar-refractivity contribution < 1.29 is 14.4 Å². The third kappa shape index (κ3) is 3.68. The average Bonchev–Trinajstić information content (AvgIpc) is 2.98. The Labute approximate surface area is 124 Å². The maximum absolute atomic E-state index is 11.0. The molecule has 0 aliphatic rings. The molecule has 0 spiro atoms. The van der Waals surface area contributed by atoms with Gasteiger partial charge in [0.15, 0.2) is 0 Å². The lowest BCUT2D eigenvalue weighted by Crippen LogP contribution is -1.98. The van der Waals surface area contributed by atoms with Gasteiger partial charge in [0.2, 0.25) is 11.7 Å². The van der Waals surface area contributed by atoms with E-state index in [4.69, 9.17) is 9.63 Å². The molecule has 0 saturated heterocycles. The van der Waals surface area contributed by atoms with Crippen molar-refractivity contribution in [3.63, 3.8) is 0 Å². The topological polar surface area (TPSA) is 76.2 Å². The summed E-state index contributed by atoms with van der Waals surface area (Å²) in [5.41, 5.74) is 0.882. The summed E-state index contributed by atoms with van der Waals surface area (Å²) >= 11 is 0. The van der Waals surface area contributed by atoms with E-state index in [-0.39, 0.29) is 11.5 Å². The van der Waals surface area contributed by atoms with Crippen LogP contribution in [0.15, 0.2) is 28.8 Å². The highest BCUT2D eigenvalue weighted by Gasteiger charge is 2.18. The van der Waals surface area contributed by atoms with Crippen molar-refractivity contribution in [2.45, 2.75) is 45.4 Å². The minimum atomic E-state index is -0.963. The second-order valence-corrected chi connectivity index (χ2v) is 5.09. The molecule has 5 nitrogen and oxygen atoms in total. The van der Waals surface area contributed by atoms with E-state index in [2.05, 4.69) is 24.0 Å². The third-order valence-electron chi connectivity index (χ3n) is 3.56. The number of rotatable bonds is 7. The number of carboxylic acid groups (broad SMARTS) is 1. The number of carboxylic acids is 1. The number of nitrogens with zero attached hydrogens (tertiary/aromatic N) is 2. The van der Waals surface area contributed by atoms with Crippen molar-refractivity contribution in [2.75, 3.05) is 0 Å². The molecule has 0 radical (unpaired) electrons. The normalized spacial score (nSPS) is 12.3. The molecule has 0 saturated carbocycles. The first-order chi connectivity index (χ1) is 10.2. The van der Waals surface area contributed by atoms with Gasteiger partial charge >= 0.3 is 5.97 Å². The number of benzene rings is 1. The summed E-state index contributed by atoms with van der Waals surface area (Å²) in [4.78, 5) is 15.4. The molecule has 1 N–H and O–H groups in total. The van der Waals surface area contributed by atoms with Crippen LogP contribution in [0.3, 0.4) is 0 Å². The molecule has 21 heavy (non-hydrogen) atoms. The Morgan fingerprint density at radius 2 is 2.19 bits per heavy atom. The number of aromatic carboxylic acids is 1. The maximum atomic E-state index is 11.0. The van der Waals surface area contributed by atoms with Crippen LogP contribution < -0.4 is 0 Å². The summed E-state index contributed by atoms with van der Waals surface area (Å²) in [6.45, 7) is 4.26. The smallest absolute Gasteiger partial charge is 0.335 e. The molecule has 1 aromatic heterocycles. The molecule has 5 heteroatoms. The third-order valence-corrected chi connectivity index (χ3v) is 3.56. The largest absolute Gasteiger partial charge is 0.478 e. The van der Waals surface area contributed by atoms with E-state index in [1.54, 1.807) is 24.3 Å². The number of carbonyl (C=O) groups is 1. The molecule has 0 amide bonds. The van der Waals surface area contributed by atoms with Gasteiger partial charge in [0.05, 0.1) is 5.56 Å². The number of hydrogen-bond donors (Lipinski definition) is 1. The van der Waals surface area contributed by atoms with E-state index in [0.29, 0.717) is 17.3 Å². The van der Waals surface area contributed by atoms with Crippen LogP contribution in [-0.2, 0) is 0 Å². The molecule has 1 atom stereocenters. The molecule has 2 rings (SSSR count). The summed E-state index contributed by atoms with van der Waals surface area (Å²) in [6.07, 6.45) is 4.25. The van der Waals surface area contributed by atoms with Crippen LogP contribution in [0.25, 0.3) is 11.4 Å². The predicted molar refractivity (Wildman–Crippen MR) is 79.3 cm³/mol. The van der Waals surface area contributed by atoms with E-state index < -0.39 is 5.97 Å². The zero-order chi connectivity index (χ0) is 15.2. The van der Waals surface area contributed by atoms with Crippen LogP contribution in [0.2, 0.25) is 0 Å². The first kappa shape index (κ1) is 15.2. The molecular formula is C16H20N2O3. The Hall–Kier alpha value is -2.17. The maximum Gasteiger partial charge on any atom is 0.335 e.